The number of carbonyl (C=O) groups is 2. The first kappa shape index (κ1) is 25.4. The van der Waals surface area contributed by atoms with Crippen molar-refractivity contribution in [3.8, 4) is 0 Å². The van der Waals surface area contributed by atoms with Gasteiger partial charge in [0.15, 0.2) is 6.61 Å². The monoisotopic (exact) mass is 485 g/mol. The molecule has 1 aliphatic heterocycles. The summed E-state index contributed by atoms with van der Waals surface area (Å²) < 4.78 is 75.6. The van der Waals surface area contributed by atoms with Gasteiger partial charge in [-0.25, -0.2) is 13.2 Å². The molecule has 174 valence electrons. The molecule has 2 rings (SSSR count). The van der Waals surface area contributed by atoms with Crippen molar-refractivity contribution in [1.82, 2.24) is 4.31 Å². The molecule has 1 fully saturated rings. The summed E-state index contributed by atoms with van der Waals surface area (Å²) in [5.74, 6) is -2.00. The maximum atomic E-state index is 13.0. The van der Waals surface area contributed by atoms with Gasteiger partial charge in [-0.3, -0.25) is 4.79 Å². The third-order valence-electron chi connectivity index (χ3n) is 4.42. The topological polar surface area (TPSA) is 90.0 Å². The van der Waals surface area contributed by atoms with Gasteiger partial charge in [0.25, 0.3) is 0 Å². The number of piperidine rings is 1. The van der Waals surface area contributed by atoms with Crippen LogP contribution in [0.1, 0.15) is 39.2 Å². The molecule has 0 N–H and O–H groups in total. The Morgan fingerprint density at radius 3 is 2.26 bits per heavy atom. The van der Waals surface area contributed by atoms with Crippen LogP contribution < -0.4 is 0 Å². The first-order chi connectivity index (χ1) is 14.1. The number of hydrogen-bond donors (Lipinski definition) is 0. The van der Waals surface area contributed by atoms with E-state index in [0.717, 1.165) is 16.4 Å². The highest BCUT2D eigenvalue weighted by atomic mass is 35.5. The van der Waals surface area contributed by atoms with Crippen molar-refractivity contribution >= 4 is 33.6 Å². The second-order valence-corrected chi connectivity index (χ2v) is 10.4. The number of esters is 2. The van der Waals surface area contributed by atoms with E-state index in [1.54, 1.807) is 20.8 Å². The van der Waals surface area contributed by atoms with E-state index >= 15 is 0 Å². The van der Waals surface area contributed by atoms with Gasteiger partial charge in [0.05, 0.1) is 21.4 Å². The SMILES string of the molecule is CC(C)(C)OC(=O)COC(=O)C1CCN(S(=O)(=O)c2ccc(Cl)c(C(F)(F)F)c2)CC1. The summed E-state index contributed by atoms with van der Waals surface area (Å²) in [6.07, 6.45) is -4.59. The Morgan fingerprint density at radius 1 is 1.16 bits per heavy atom. The van der Waals surface area contributed by atoms with E-state index < -0.39 is 61.7 Å². The van der Waals surface area contributed by atoms with E-state index in [4.69, 9.17) is 21.1 Å². The van der Waals surface area contributed by atoms with Crippen molar-refractivity contribution in [1.29, 1.82) is 0 Å². The molecule has 1 aromatic carbocycles. The zero-order valence-electron chi connectivity index (χ0n) is 17.2. The smallest absolute Gasteiger partial charge is 0.417 e. The van der Waals surface area contributed by atoms with Crippen LogP contribution in [-0.2, 0) is 35.3 Å². The lowest BCUT2D eigenvalue weighted by Crippen LogP contribution is -2.41. The molecule has 0 bridgehead atoms. The van der Waals surface area contributed by atoms with Crippen molar-refractivity contribution in [3.63, 3.8) is 0 Å². The quantitative estimate of drug-likeness (QED) is 0.591. The fourth-order valence-corrected chi connectivity index (χ4v) is 4.70. The predicted molar refractivity (Wildman–Crippen MR) is 105 cm³/mol. The lowest BCUT2D eigenvalue weighted by Gasteiger charge is -2.30. The van der Waals surface area contributed by atoms with Gasteiger partial charge in [0.2, 0.25) is 10.0 Å². The Morgan fingerprint density at radius 2 is 1.74 bits per heavy atom. The Labute approximate surface area is 183 Å². The first-order valence-electron chi connectivity index (χ1n) is 9.36. The highest BCUT2D eigenvalue weighted by molar-refractivity contribution is 7.89. The number of benzene rings is 1. The number of hydrogen-bond acceptors (Lipinski definition) is 6. The minimum absolute atomic E-state index is 0.0848. The zero-order valence-corrected chi connectivity index (χ0v) is 18.7. The summed E-state index contributed by atoms with van der Waals surface area (Å²) in [6.45, 7) is 4.28. The molecule has 1 saturated heterocycles. The third-order valence-corrected chi connectivity index (χ3v) is 6.64. The molecular weight excluding hydrogens is 463 g/mol. The van der Waals surface area contributed by atoms with Crippen LogP contribution in [-0.4, -0.2) is 50.0 Å². The van der Waals surface area contributed by atoms with Crippen LogP contribution in [0.2, 0.25) is 5.02 Å². The van der Waals surface area contributed by atoms with Crippen molar-refractivity contribution in [3.05, 3.63) is 28.8 Å². The molecule has 0 atom stereocenters. The molecule has 1 heterocycles. The van der Waals surface area contributed by atoms with Crippen LogP contribution in [0.3, 0.4) is 0 Å². The average molecular weight is 486 g/mol. The van der Waals surface area contributed by atoms with Gasteiger partial charge in [0, 0.05) is 13.1 Å². The Kier molecular flexibility index (Phi) is 7.65. The molecule has 0 unspecified atom stereocenters. The fraction of sp³-hybridized carbons (Fsp3) is 0.579. The van der Waals surface area contributed by atoms with Gasteiger partial charge >= 0.3 is 18.1 Å². The van der Waals surface area contributed by atoms with Crippen LogP contribution in [0.5, 0.6) is 0 Å². The number of halogens is 4. The summed E-state index contributed by atoms with van der Waals surface area (Å²) in [4.78, 5) is 23.2. The lowest BCUT2D eigenvalue weighted by atomic mass is 9.98. The van der Waals surface area contributed by atoms with E-state index in [0.29, 0.717) is 6.07 Å². The Balaban J connectivity index is 1.99. The molecule has 0 amide bonds. The van der Waals surface area contributed by atoms with E-state index in [9.17, 15) is 31.2 Å². The number of nitrogens with zero attached hydrogens (tertiary/aromatic N) is 1. The standard InChI is InChI=1S/C19H23ClF3NO6S/c1-18(2,3)30-16(25)11-29-17(26)12-6-8-24(9-7-12)31(27,28)13-4-5-15(20)14(10-13)19(21,22)23/h4-5,10,12H,6-9,11H2,1-3H3. The van der Waals surface area contributed by atoms with Gasteiger partial charge in [0.1, 0.15) is 5.60 Å². The largest absolute Gasteiger partial charge is 0.457 e. The first-order valence-corrected chi connectivity index (χ1v) is 11.2. The van der Waals surface area contributed by atoms with E-state index in [1.165, 1.54) is 0 Å². The number of ether oxygens (including phenoxy) is 2. The summed E-state index contributed by atoms with van der Waals surface area (Å²) in [5, 5.41) is -0.599. The molecule has 1 aromatic rings. The molecular formula is C19H23ClF3NO6S. The minimum Gasteiger partial charge on any atom is -0.457 e. The second-order valence-electron chi connectivity index (χ2n) is 8.01. The van der Waals surface area contributed by atoms with Crippen LogP contribution in [0.25, 0.3) is 0 Å². The second kappa shape index (κ2) is 9.33. The molecule has 1 aliphatic rings. The normalized spacial score (nSPS) is 16.7. The highest BCUT2D eigenvalue weighted by Gasteiger charge is 2.37. The van der Waals surface area contributed by atoms with Crippen molar-refractivity contribution in [2.75, 3.05) is 19.7 Å². The predicted octanol–water partition coefficient (Wildman–Crippen LogP) is 3.64. The minimum atomic E-state index is -4.80. The van der Waals surface area contributed by atoms with Crippen LogP contribution in [0, 0.1) is 5.92 Å². The molecule has 0 aromatic heterocycles. The molecule has 7 nitrogen and oxygen atoms in total. The number of sulfonamides is 1. The Hall–Kier alpha value is -1.85. The van der Waals surface area contributed by atoms with Crippen molar-refractivity contribution in [2.24, 2.45) is 5.92 Å². The summed E-state index contributed by atoms with van der Waals surface area (Å²) in [7, 11) is -4.21. The van der Waals surface area contributed by atoms with Gasteiger partial charge in [-0.05, 0) is 51.8 Å². The van der Waals surface area contributed by atoms with E-state index in [-0.39, 0.29) is 25.9 Å². The van der Waals surface area contributed by atoms with Gasteiger partial charge < -0.3 is 9.47 Å². The maximum Gasteiger partial charge on any atom is 0.417 e. The van der Waals surface area contributed by atoms with Crippen molar-refractivity contribution in [2.45, 2.75) is 50.3 Å². The summed E-state index contributed by atoms with van der Waals surface area (Å²) in [6, 6.07) is 2.39. The van der Waals surface area contributed by atoms with Crippen LogP contribution >= 0.6 is 11.6 Å². The molecule has 12 heteroatoms. The molecule has 0 spiro atoms. The average Bonchev–Trinajstić information content (AvgIpc) is 2.64. The Bertz CT molecular complexity index is 935. The van der Waals surface area contributed by atoms with Crippen molar-refractivity contribution < 1.29 is 40.7 Å². The number of alkyl halides is 3. The molecule has 0 saturated carbocycles. The highest BCUT2D eigenvalue weighted by Crippen LogP contribution is 2.36. The van der Waals surface area contributed by atoms with Gasteiger partial charge in [-0.15, -0.1) is 0 Å². The zero-order chi connectivity index (χ0) is 23.6. The molecule has 31 heavy (non-hydrogen) atoms. The van der Waals surface area contributed by atoms with Crippen LogP contribution in [0.4, 0.5) is 13.2 Å². The molecule has 0 aliphatic carbocycles. The van der Waals surface area contributed by atoms with Gasteiger partial charge in [-0.1, -0.05) is 11.6 Å². The molecule has 0 radical (unpaired) electrons. The van der Waals surface area contributed by atoms with Gasteiger partial charge in [-0.2, -0.15) is 17.5 Å². The fourth-order valence-electron chi connectivity index (χ4n) is 2.98. The van der Waals surface area contributed by atoms with E-state index in [2.05, 4.69) is 0 Å². The maximum absolute atomic E-state index is 13.0. The summed E-state index contributed by atoms with van der Waals surface area (Å²) >= 11 is 5.55. The van der Waals surface area contributed by atoms with E-state index in [1.807, 2.05) is 0 Å². The number of rotatable bonds is 5. The lowest BCUT2D eigenvalue weighted by molar-refractivity contribution is -0.168. The third kappa shape index (κ3) is 6.81. The number of carbonyl (C=O) groups excluding carboxylic acids is 2. The van der Waals surface area contributed by atoms with Crippen LogP contribution in [0.15, 0.2) is 23.1 Å². The summed E-state index contributed by atoms with van der Waals surface area (Å²) in [5.41, 5.74) is -1.97.